The van der Waals surface area contributed by atoms with Crippen molar-refractivity contribution in [2.45, 2.75) is 26.7 Å². The number of nitrogens with one attached hydrogen (secondary N) is 3. The highest BCUT2D eigenvalue weighted by molar-refractivity contribution is 5.64. The van der Waals surface area contributed by atoms with E-state index in [0.717, 1.165) is 34.1 Å². The maximum Gasteiger partial charge on any atom is 0.0386 e. The molecule has 0 radical (unpaired) electrons. The molecule has 0 amide bonds. The van der Waals surface area contributed by atoms with E-state index in [0.29, 0.717) is 0 Å². The lowest BCUT2D eigenvalue weighted by Gasteiger charge is -2.21. The minimum absolute atomic E-state index is 0.0917. The van der Waals surface area contributed by atoms with Crippen molar-refractivity contribution in [1.82, 2.24) is 0 Å². The first kappa shape index (κ1) is 27.9. The standard InChI is InChI=1S/C40H37N3/c1-28-7-4-10-37(25-28)41-34-19-13-31(14-20-34)40(32-15-21-35(22-16-32)42-38-11-5-8-29(2)26-38)33-17-23-36(24-18-33)43-39-12-6-9-30(3)27-39/h4-27,40-43H,1-3H3. The Morgan fingerprint density at radius 2 is 0.605 bits per heavy atom. The molecule has 0 saturated heterocycles. The van der Waals surface area contributed by atoms with Crippen LogP contribution in [-0.4, -0.2) is 0 Å². The molecule has 0 atom stereocenters. The summed E-state index contributed by atoms with van der Waals surface area (Å²) in [7, 11) is 0. The summed E-state index contributed by atoms with van der Waals surface area (Å²) in [5.74, 6) is 0.0917. The second-order valence-corrected chi connectivity index (χ2v) is 11.3. The molecule has 0 saturated carbocycles. The lowest BCUT2D eigenvalue weighted by Crippen LogP contribution is -2.04. The Morgan fingerprint density at radius 3 is 0.860 bits per heavy atom. The third kappa shape index (κ3) is 7.14. The Balaban J connectivity index is 1.28. The summed E-state index contributed by atoms with van der Waals surface area (Å²) in [4.78, 5) is 0. The van der Waals surface area contributed by atoms with Crippen LogP contribution in [0.2, 0.25) is 0 Å². The molecule has 0 heterocycles. The molecular weight excluding hydrogens is 522 g/mol. The zero-order valence-corrected chi connectivity index (χ0v) is 24.9. The molecule has 0 unspecified atom stereocenters. The molecule has 212 valence electrons. The Labute approximate surface area is 255 Å². The molecule has 6 aromatic carbocycles. The van der Waals surface area contributed by atoms with Crippen LogP contribution < -0.4 is 16.0 Å². The summed E-state index contributed by atoms with van der Waals surface area (Å²) >= 11 is 0. The quantitative estimate of drug-likeness (QED) is 0.154. The van der Waals surface area contributed by atoms with E-state index in [1.54, 1.807) is 0 Å². The van der Waals surface area contributed by atoms with E-state index in [4.69, 9.17) is 0 Å². The van der Waals surface area contributed by atoms with Gasteiger partial charge in [-0.1, -0.05) is 72.8 Å². The monoisotopic (exact) mass is 559 g/mol. The second-order valence-electron chi connectivity index (χ2n) is 11.3. The molecule has 0 bridgehead atoms. The van der Waals surface area contributed by atoms with Crippen LogP contribution in [0.1, 0.15) is 39.3 Å². The summed E-state index contributed by atoms with van der Waals surface area (Å²) in [5, 5.41) is 10.6. The number of hydrogen-bond acceptors (Lipinski definition) is 3. The van der Waals surface area contributed by atoms with Crippen LogP contribution in [0.25, 0.3) is 0 Å². The van der Waals surface area contributed by atoms with Crippen molar-refractivity contribution in [3.8, 4) is 0 Å². The van der Waals surface area contributed by atoms with Crippen molar-refractivity contribution in [2.24, 2.45) is 0 Å². The Morgan fingerprint density at radius 1 is 0.326 bits per heavy atom. The minimum Gasteiger partial charge on any atom is -0.356 e. The molecule has 0 aromatic heterocycles. The minimum atomic E-state index is 0.0917. The van der Waals surface area contributed by atoms with Crippen molar-refractivity contribution in [2.75, 3.05) is 16.0 Å². The van der Waals surface area contributed by atoms with Crippen molar-refractivity contribution in [3.05, 3.63) is 179 Å². The number of aryl methyl sites for hydroxylation is 3. The summed E-state index contributed by atoms with van der Waals surface area (Å²) in [5.41, 5.74) is 14.0. The number of anilines is 6. The number of rotatable bonds is 9. The first-order chi connectivity index (χ1) is 21.0. The smallest absolute Gasteiger partial charge is 0.0386 e. The van der Waals surface area contributed by atoms with Crippen LogP contribution in [0.5, 0.6) is 0 Å². The fourth-order valence-electron chi connectivity index (χ4n) is 5.52. The van der Waals surface area contributed by atoms with Gasteiger partial charge in [-0.05, 0) is 127 Å². The van der Waals surface area contributed by atoms with Gasteiger partial charge in [-0.2, -0.15) is 0 Å². The third-order valence-electron chi connectivity index (χ3n) is 7.65. The summed E-state index contributed by atoms with van der Waals surface area (Å²) in [6.07, 6.45) is 0. The van der Waals surface area contributed by atoms with Crippen molar-refractivity contribution in [3.63, 3.8) is 0 Å². The highest BCUT2D eigenvalue weighted by atomic mass is 14.9. The van der Waals surface area contributed by atoms with E-state index < -0.39 is 0 Å². The van der Waals surface area contributed by atoms with Gasteiger partial charge < -0.3 is 16.0 Å². The first-order valence-corrected chi connectivity index (χ1v) is 14.8. The van der Waals surface area contributed by atoms with E-state index >= 15 is 0 Å². The molecule has 6 aromatic rings. The highest BCUT2D eigenvalue weighted by Gasteiger charge is 2.17. The summed E-state index contributed by atoms with van der Waals surface area (Å²) in [6, 6.07) is 51.8. The molecule has 6 rings (SSSR count). The first-order valence-electron chi connectivity index (χ1n) is 14.8. The van der Waals surface area contributed by atoms with E-state index in [9.17, 15) is 0 Å². The fourth-order valence-corrected chi connectivity index (χ4v) is 5.52. The van der Waals surface area contributed by atoms with Gasteiger partial charge in [0, 0.05) is 40.0 Å². The van der Waals surface area contributed by atoms with Crippen molar-refractivity contribution >= 4 is 34.1 Å². The van der Waals surface area contributed by atoms with E-state index in [1.807, 2.05) is 0 Å². The molecule has 0 aliphatic heterocycles. The summed E-state index contributed by atoms with van der Waals surface area (Å²) < 4.78 is 0. The van der Waals surface area contributed by atoms with Gasteiger partial charge in [0.1, 0.15) is 0 Å². The van der Waals surface area contributed by atoms with E-state index in [2.05, 4.69) is 182 Å². The average Bonchev–Trinajstić information content (AvgIpc) is 3.00. The van der Waals surface area contributed by atoms with Crippen LogP contribution in [0.15, 0.2) is 146 Å². The van der Waals surface area contributed by atoms with Crippen LogP contribution in [0.3, 0.4) is 0 Å². The van der Waals surface area contributed by atoms with Crippen molar-refractivity contribution < 1.29 is 0 Å². The average molecular weight is 560 g/mol. The molecule has 3 heteroatoms. The van der Waals surface area contributed by atoms with E-state index in [-0.39, 0.29) is 5.92 Å². The molecule has 0 spiro atoms. The third-order valence-corrected chi connectivity index (χ3v) is 7.65. The van der Waals surface area contributed by atoms with Gasteiger partial charge in [-0.3, -0.25) is 0 Å². The largest absolute Gasteiger partial charge is 0.356 e. The molecule has 3 nitrogen and oxygen atoms in total. The summed E-state index contributed by atoms with van der Waals surface area (Å²) in [6.45, 7) is 6.34. The maximum atomic E-state index is 3.54. The predicted octanol–water partition coefficient (Wildman–Crippen LogP) is 11.0. The Kier molecular flexibility index (Phi) is 8.24. The topological polar surface area (TPSA) is 36.1 Å². The molecule has 0 aliphatic carbocycles. The highest BCUT2D eigenvalue weighted by Crippen LogP contribution is 2.35. The SMILES string of the molecule is Cc1cccc(Nc2ccc(C(c3ccc(Nc4cccc(C)c4)cc3)c3ccc(Nc4cccc(C)c4)cc3)cc2)c1. The second kappa shape index (κ2) is 12.7. The lowest BCUT2D eigenvalue weighted by molar-refractivity contribution is 0.978. The van der Waals surface area contributed by atoms with Crippen LogP contribution >= 0.6 is 0 Å². The van der Waals surface area contributed by atoms with E-state index in [1.165, 1.54) is 33.4 Å². The van der Waals surface area contributed by atoms with Gasteiger partial charge in [0.15, 0.2) is 0 Å². The zero-order chi connectivity index (χ0) is 29.6. The molecule has 43 heavy (non-hydrogen) atoms. The van der Waals surface area contributed by atoms with Gasteiger partial charge in [-0.25, -0.2) is 0 Å². The van der Waals surface area contributed by atoms with Gasteiger partial charge in [0.05, 0.1) is 0 Å². The zero-order valence-electron chi connectivity index (χ0n) is 24.9. The molecule has 0 fully saturated rings. The van der Waals surface area contributed by atoms with Gasteiger partial charge in [0.2, 0.25) is 0 Å². The molecular formula is C40H37N3. The maximum absolute atomic E-state index is 3.54. The number of benzene rings is 6. The lowest BCUT2D eigenvalue weighted by atomic mass is 9.85. The van der Waals surface area contributed by atoms with Crippen LogP contribution in [0.4, 0.5) is 34.1 Å². The van der Waals surface area contributed by atoms with Gasteiger partial charge >= 0.3 is 0 Å². The molecule has 3 N–H and O–H groups in total. The van der Waals surface area contributed by atoms with Crippen LogP contribution in [-0.2, 0) is 0 Å². The van der Waals surface area contributed by atoms with Gasteiger partial charge in [-0.15, -0.1) is 0 Å². The van der Waals surface area contributed by atoms with Gasteiger partial charge in [0.25, 0.3) is 0 Å². The normalized spacial score (nSPS) is 10.9. The molecule has 0 aliphatic rings. The fraction of sp³-hybridized carbons (Fsp3) is 0.100. The van der Waals surface area contributed by atoms with Crippen LogP contribution in [0, 0.1) is 20.8 Å². The van der Waals surface area contributed by atoms with Crippen molar-refractivity contribution in [1.29, 1.82) is 0 Å². The Hall–Kier alpha value is -5.28. The number of hydrogen-bond donors (Lipinski definition) is 3. The predicted molar refractivity (Wildman–Crippen MR) is 184 cm³/mol. The Bertz CT molecular complexity index is 1590.